The zero-order chi connectivity index (χ0) is 10.6. The molecular formula is C9H10Cl4Si. The Labute approximate surface area is 104 Å². The Bertz CT molecular complexity index is 295. The van der Waals surface area contributed by atoms with E-state index in [9.17, 15) is 0 Å². The molecule has 0 nitrogen and oxygen atoms in total. The Kier molecular flexibility index (Phi) is 5.08. The van der Waals surface area contributed by atoms with Crippen molar-refractivity contribution in [2.24, 2.45) is 0 Å². The summed E-state index contributed by atoms with van der Waals surface area (Å²) in [6.07, 6.45) is 0.797. The topological polar surface area (TPSA) is 0 Å². The molecule has 0 aliphatic rings. The first kappa shape index (κ1) is 12.7. The third kappa shape index (κ3) is 4.41. The zero-order valence-electron chi connectivity index (χ0n) is 7.44. The van der Waals surface area contributed by atoms with Crippen molar-refractivity contribution >= 4 is 50.8 Å². The van der Waals surface area contributed by atoms with Crippen LogP contribution in [0.5, 0.6) is 0 Å². The summed E-state index contributed by atoms with van der Waals surface area (Å²) in [6, 6.07) is 6.12. The lowest BCUT2D eigenvalue weighted by atomic mass is 10.1. The summed E-state index contributed by atoms with van der Waals surface area (Å²) in [5.74, 6) is 0.511. The minimum atomic E-state index is -2.50. The molecule has 0 heterocycles. The first-order chi connectivity index (χ1) is 6.53. The number of hydrogen-bond acceptors (Lipinski definition) is 0. The molecule has 0 unspecified atom stereocenters. The van der Waals surface area contributed by atoms with E-state index < -0.39 is 6.00 Å². The van der Waals surface area contributed by atoms with Gasteiger partial charge in [0.15, 0.2) is 0 Å². The van der Waals surface area contributed by atoms with E-state index in [1.165, 1.54) is 5.56 Å². The number of alkyl halides is 1. The molecule has 0 aliphatic heterocycles. The Balaban J connectivity index is 2.67. The van der Waals surface area contributed by atoms with E-state index in [-0.39, 0.29) is 0 Å². The van der Waals surface area contributed by atoms with Gasteiger partial charge in [-0.2, -0.15) is 0 Å². The minimum absolute atomic E-state index is 0.511. The maximum atomic E-state index is 5.82. The van der Waals surface area contributed by atoms with Gasteiger partial charge in [-0.3, -0.25) is 0 Å². The van der Waals surface area contributed by atoms with Crippen LogP contribution < -0.4 is 0 Å². The van der Waals surface area contributed by atoms with Gasteiger partial charge in [-0.15, -0.1) is 44.8 Å². The van der Waals surface area contributed by atoms with E-state index in [0.717, 1.165) is 12.0 Å². The van der Waals surface area contributed by atoms with E-state index in [4.69, 9.17) is 44.8 Å². The predicted octanol–water partition coefficient (Wildman–Crippen LogP) is 4.62. The van der Waals surface area contributed by atoms with Gasteiger partial charge in [0.05, 0.1) is 0 Å². The van der Waals surface area contributed by atoms with Crippen LogP contribution in [0.3, 0.4) is 0 Å². The second kappa shape index (κ2) is 5.62. The maximum absolute atomic E-state index is 5.82. The summed E-state index contributed by atoms with van der Waals surface area (Å²) in [5, 5.41) is 0. The lowest BCUT2D eigenvalue weighted by Gasteiger charge is -2.09. The first-order valence-electron chi connectivity index (χ1n) is 4.22. The quantitative estimate of drug-likeness (QED) is 0.430. The van der Waals surface area contributed by atoms with Crippen LogP contribution >= 0.6 is 44.8 Å². The maximum Gasteiger partial charge on any atom is 0.341 e. The minimum Gasteiger partial charge on any atom is -0.126 e. The van der Waals surface area contributed by atoms with Crippen LogP contribution in [0.4, 0.5) is 0 Å². The molecule has 0 bridgehead atoms. The van der Waals surface area contributed by atoms with Crippen LogP contribution in [0.25, 0.3) is 0 Å². The molecule has 0 radical (unpaired) electrons. The van der Waals surface area contributed by atoms with E-state index in [1.54, 1.807) is 0 Å². The molecule has 14 heavy (non-hydrogen) atoms. The zero-order valence-corrected chi connectivity index (χ0v) is 11.5. The molecule has 0 N–H and O–H groups in total. The van der Waals surface area contributed by atoms with Gasteiger partial charge in [-0.1, -0.05) is 24.3 Å². The lowest BCUT2D eigenvalue weighted by Crippen LogP contribution is -2.10. The molecule has 0 saturated heterocycles. The van der Waals surface area contributed by atoms with Crippen molar-refractivity contribution in [1.29, 1.82) is 0 Å². The summed E-state index contributed by atoms with van der Waals surface area (Å²) in [5.41, 5.74) is 2.30. The molecule has 0 aromatic heterocycles. The van der Waals surface area contributed by atoms with Gasteiger partial charge < -0.3 is 0 Å². The summed E-state index contributed by atoms with van der Waals surface area (Å²) in [6.45, 7) is 0. The van der Waals surface area contributed by atoms with Crippen LogP contribution in [-0.2, 0) is 12.3 Å². The average Bonchev–Trinajstić information content (AvgIpc) is 2.14. The van der Waals surface area contributed by atoms with Crippen molar-refractivity contribution < 1.29 is 0 Å². The molecular weight excluding hydrogens is 278 g/mol. The van der Waals surface area contributed by atoms with Gasteiger partial charge in [0.2, 0.25) is 0 Å². The highest BCUT2D eigenvalue weighted by Gasteiger charge is 2.24. The summed E-state index contributed by atoms with van der Waals surface area (Å²) in [7, 11) is 0. The smallest absolute Gasteiger partial charge is 0.126 e. The molecule has 0 amide bonds. The Morgan fingerprint density at radius 3 is 2.07 bits per heavy atom. The average molecular weight is 288 g/mol. The van der Waals surface area contributed by atoms with E-state index in [1.807, 2.05) is 24.3 Å². The second-order valence-electron chi connectivity index (χ2n) is 3.02. The fourth-order valence-corrected chi connectivity index (χ4v) is 2.87. The number of aryl methyl sites for hydroxylation is 1. The van der Waals surface area contributed by atoms with Crippen molar-refractivity contribution in [3.63, 3.8) is 0 Å². The van der Waals surface area contributed by atoms with Crippen molar-refractivity contribution in [3.05, 3.63) is 35.4 Å². The second-order valence-corrected chi connectivity index (χ2v) is 12.6. The van der Waals surface area contributed by atoms with Crippen molar-refractivity contribution in [2.75, 3.05) is 0 Å². The van der Waals surface area contributed by atoms with E-state index in [0.29, 0.717) is 11.9 Å². The third-order valence-electron chi connectivity index (χ3n) is 1.94. The fraction of sp³-hybridized carbons (Fsp3) is 0.333. The normalized spacial score (nSPS) is 11.7. The van der Waals surface area contributed by atoms with Crippen LogP contribution in [0.15, 0.2) is 24.3 Å². The number of benzene rings is 1. The van der Waals surface area contributed by atoms with Crippen LogP contribution in [0.1, 0.15) is 11.1 Å². The van der Waals surface area contributed by atoms with Gasteiger partial charge in [0.25, 0.3) is 0 Å². The molecule has 0 spiro atoms. The highest BCUT2D eigenvalue weighted by atomic mass is 35.8. The molecule has 0 atom stereocenters. The van der Waals surface area contributed by atoms with Gasteiger partial charge >= 0.3 is 6.00 Å². The fourth-order valence-electron chi connectivity index (χ4n) is 1.21. The molecule has 5 heteroatoms. The molecule has 1 rings (SSSR count). The highest BCUT2D eigenvalue weighted by molar-refractivity contribution is 7.64. The molecule has 0 saturated carbocycles. The predicted molar refractivity (Wildman–Crippen MR) is 67.8 cm³/mol. The van der Waals surface area contributed by atoms with Gasteiger partial charge in [-0.05, 0) is 23.6 Å². The monoisotopic (exact) mass is 286 g/mol. The number of rotatable bonds is 4. The largest absolute Gasteiger partial charge is 0.341 e. The molecule has 1 aromatic carbocycles. The van der Waals surface area contributed by atoms with Crippen LogP contribution in [-0.4, -0.2) is 6.00 Å². The Morgan fingerprint density at radius 2 is 1.57 bits per heavy atom. The van der Waals surface area contributed by atoms with Gasteiger partial charge in [0, 0.05) is 5.88 Å². The standard InChI is InChI=1S/C9H10Cl4Si/c10-7-9-4-2-1-3-8(9)5-6-14(11,12)13/h1-4H,5-7H2. The Hall–Kier alpha value is 0.597. The van der Waals surface area contributed by atoms with E-state index in [2.05, 4.69) is 0 Å². The van der Waals surface area contributed by atoms with E-state index >= 15 is 0 Å². The van der Waals surface area contributed by atoms with Crippen molar-refractivity contribution in [1.82, 2.24) is 0 Å². The van der Waals surface area contributed by atoms with Crippen molar-refractivity contribution in [3.8, 4) is 0 Å². The van der Waals surface area contributed by atoms with Gasteiger partial charge in [0.1, 0.15) is 0 Å². The lowest BCUT2D eigenvalue weighted by molar-refractivity contribution is 1.09. The highest BCUT2D eigenvalue weighted by Crippen LogP contribution is 2.27. The molecule has 78 valence electrons. The SMILES string of the molecule is ClCc1ccccc1CC[Si](Cl)(Cl)Cl. The van der Waals surface area contributed by atoms with Crippen molar-refractivity contribution in [2.45, 2.75) is 18.3 Å². The summed E-state index contributed by atoms with van der Waals surface area (Å²) in [4.78, 5) is 0. The van der Waals surface area contributed by atoms with Crippen LogP contribution in [0, 0.1) is 0 Å². The number of halogens is 4. The summed E-state index contributed by atoms with van der Waals surface area (Å²) < 4.78 is 0. The Morgan fingerprint density at radius 1 is 1.00 bits per heavy atom. The summed E-state index contributed by atoms with van der Waals surface area (Å²) >= 11 is 23.2. The first-order valence-corrected chi connectivity index (χ1v) is 10.00. The van der Waals surface area contributed by atoms with Crippen LogP contribution in [0.2, 0.25) is 6.04 Å². The molecule has 0 fully saturated rings. The molecule has 0 aliphatic carbocycles. The molecule has 1 aromatic rings. The number of hydrogen-bond donors (Lipinski definition) is 0. The van der Waals surface area contributed by atoms with Gasteiger partial charge in [-0.25, -0.2) is 0 Å². The third-order valence-corrected chi connectivity index (χ3v) is 4.75.